The van der Waals surface area contributed by atoms with E-state index in [0.29, 0.717) is 12.8 Å². The van der Waals surface area contributed by atoms with Crippen molar-refractivity contribution in [3.8, 4) is 0 Å². The third-order valence-electron chi connectivity index (χ3n) is 3.21. The summed E-state index contributed by atoms with van der Waals surface area (Å²) in [6.07, 6.45) is 1.14. The van der Waals surface area contributed by atoms with Crippen LogP contribution < -0.4 is 5.73 Å². The summed E-state index contributed by atoms with van der Waals surface area (Å²) in [4.78, 5) is 11.9. The second-order valence-electron chi connectivity index (χ2n) is 5.84. The maximum Gasteiger partial charge on any atom is 0.339 e. The molecule has 0 radical (unpaired) electrons. The molecule has 0 aromatic heterocycles. The van der Waals surface area contributed by atoms with E-state index in [1.54, 1.807) is 0 Å². The molecule has 0 aromatic carbocycles. The number of fused-ring (bicyclic) bond motifs is 1. The maximum absolute atomic E-state index is 11.9. The third kappa shape index (κ3) is 1.56. The Morgan fingerprint density at radius 3 is 2.33 bits per heavy atom. The molecule has 0 amide bonds. The van der Waals surface area contributed by atoms with Crippen LogP contribution in [-0.2, 0) is 14.3 Å². The topological polar surface area (TPSA) is 61.5 Å². The van der Waals surface area contributed by atoms with Gasteiger partial charge in [0.15, 0.2) is 5.60 Å². The number of nitrogens with two attached hydrogens (primary N) is 1. The largest absolute Gasteiger partial charge is 0.458 e. The number of ether oxygens (including phenoxy) is 2. The van der Waals surface area contributed by atoms with E-state index in [-0.39, 0.29) is 17.6 Å². The van der Waals surface area contributed by atoms with Crippen LogP contribution in [0.25, 0.3) is 0 Å². The zero-order valence-corrected chi connectivity index (χ0v) is 9.79. The number of rotatable bonds is 1. The summed E-state index contributed by atoms with van der Waals surface area (Å²) in [7, 11) is 0. The van der Waals surface area contributed by atoms with Crippen molar-refractivity contribution in [3.63, 3.8) is 0 Å². The fourth-order valence-electron chi connectivity index (χ4n) is 2.40. The van der Waals surface area contributed by atoms with Gasteiger partial charge in [0.05, 0.1) is 6.10 Å². The molecule has 2 aliphatic heterocycles. The van der Waals surface area contributed by atoms with Gasteiger partial charge in [-0.3, -0.25) is 0 Å². The van der Waals surface area contributed by atoms with Crippen molar-refractivity contribution in [1.82, 2.24) is 0 Å². The molecular weight excluding hydrogens is 194 g/mol. The normalized spacial score (nSPS) is 43.7. The number of carbonyl (C=O) groups is 1. The molecule has 1 atom stereocenters. The third-order valence-corrected chi connectivity index (χ3v) is 3.21. The van der Waals surface area contributed by atoms with Crippen LogP contribution in [0.5, 0.6) is 0 Å². The highest BCUT2D eigenvalue weighted by Crippen LogP contribution is 2.54. The van der Waals surface area contributed by atoms with Gasteiger partial charge in [0.1, 0.15) is 5.60 Å². The SMILES string of the molecule is CC1OC2(C(=O)OC(C)(C)C)CC1(N)C2. The standard InChI is InChI=1S/C11H19NO3/c1-7-10(12)5-11(6-10,14-7)8(13)15-9(2,3)4/h7H,5-6,12H2,1-4H3. The van der Waals surface area contributed by atoms with Gasteiger partial charge in [0.2, 0.25) is 0 Å². The highest BCUT2D eigenvalue weighted by molar-refractivity contribution is 5.83. The summed E-state index contributed by atoms with van der Waals surface area (Å²) in [5, 5.41) is 0. The van der Waals surface area contributed by atoms with Gasteiger partial charge >= 0.3 is 5.97 Å². The fourth-order valence-corrected chi connectivity index (χ4v) is 2.40. The summed E-state index contributed by atoms with van der Waals surface area (Å²) in [6.45, 7) is 7.48. The minimum Gasteiger partial charge on any atom is -0.458 e. The Labute approximate surface area is 90.1 Å². The first kappa shape index (κ1) is 10.9. The second-order valence-corrected chi connectivity index (χ2v) is 5.84. The first-order chi connectivity index (χ1) is 6.67. The first-order valence-corrected chi connectivity index (χ1v) is 5.37. The van der Waals surface area contributed by atoms with Crippen LogP contribution in [0.15, 0.2) is 0 Å². The number of carbonyl (C=O) groups excluding carboxylic acids is 1. The molecule has 2 N–H and O–H groups in total. The second kappa shape index (κ2) is 2.74. The van der Waals surface area contributed by atoms with Gasteiger partial charge in [-0.15, -0.1) is 0 Å². The Hall–Kier alpha value is -0.610. The van der Waals surface area contributed by atoms with Gasteiger partial charge in [0.25, 0.3) is 0 Å². The lowest BCUT2D eigenvalue weighted by molar-refractivity contribution is -0.182. The van der Waals surface area contributed by atoms with Crippen LogP contribution >= 0.6 is 0 Å². The van der Waals surface area contributed by atoms with E-state index in [1.807, 2.05) is 27.7 Å². The van der Waals surface area contributed by atoms with E-state index in [4.69, 9.17) is 15.2 Å². The zero-order chi connectivity index (χ0) is 11.5. The van der Waals surface area contributed by atoms with Crippen molar-refractivity contribution in [2.24, 2.45) is 5.73 Å². The Morgan fingerprint density at radius 1 is 1.47 bits per heavy atom. The molecule has 2 heterocycles. The van der Waals surface area contributed by atoms with Gasteiger partial charge in [0, 0.05) is 18.4 Å². The Balaban J connectivity index is 2.06. The van der Waals surface area contributed by atoms with Crippen LogP contribution in [0.3, 0.4) is 0 Å². The minimum absolute atomic E-state index is 0.0509. The predicted molar refractivity (Wildman–Crippen MR) is 55.3 cm³/mol. The number of esters is 1. The molecule has 1 saturated carbocycles. The van der Waals surface area contributed by atoms with Crippen molar-refractivity contribution in [1.29, 1.82) is 0 Å². The van der Waals surface area contributed by atoms with Crippen LogP contribution in [0, 0.1) is 0 Å². The monoisotopic (exact) mass is 213 g/mol. The summed E-state index contributed by atoms with van der Waals surface area (Å²) in [6, 6.07) is 0. The highest BCUT2D eigenvalue weighted by atomic mass is 16.6. The first-order valence-electron chi connectivity index (χ1n) is 5.37. The fraction of sp³-hybridized carbons (Fsp3) is 0.909. The lowest BCUT2D eigenvalue weighted by Crippen LogP contribution is -2.60. The molecule has 15 heavy (non-hydrogen) atoms. The molecule has 3 aliphatic rings. The predicted octanol–water partition coefficient (Wildman–Crippen LogP) is 0.977. The minimum atomic E-state index is -0.749. The summed E-state index contributed by atoms with van der Waals surface area (Å²) in [5.41, 5.74) is 4.52. The van der Waals surface area contributed by atoms with E-state index in [9.17, 15) is 4.79 Å². The van der Waals surface area contributed by atoms with Crippen molar-refractivity contribution >= 4 is 5.97 Å². The van der Waals surface area contributed by atoms with Crippen molar-refractivity contribution in [2.45, 2.75) is 63.4 Å². The molecule has 0 spiro atoms. The van der Waals surface area contributed by atoms with E-state index in [0.717, 1.165) is 0 Å². The molecule has 2 saturated heterocycles. The quantitative estimate of drug-likeness (QED) is 0.659. The lowest BCUT2D eigenvalue weighted by atomic mass is 9.67. The van der Waals surface area contributed by atoms with Gasteiger partial charge in [-0.1, -0.05) is 0 Å². The van der Waals surface area contributed by atoms with E-state index < -0.39 is 11.2 Å². The van der Waals surface area contributed by atoms with E-state index >= 15 is 0 Å². The Bertz CT molecular complexity index is 294. The molecule has 3 rings (SSSR count). The van der Waals surface area contributed by atoms with Gasteiger partial charge < -0.3 is 15.2 Å². The molecular formula is C11H19NO3. The van der Waals surface area contributed by atoms with Crippen molar-refractivity contribution in [2.75, 3.05) is 0 Å². The van der Waals surface area contributed by atoms with Crippen molar-refractivity contribution < 1.29 is 14.3 Å². The summed E-state index contributed by atoms with van der Waals surface area (Å²) in [5.74, 6) is -0.263. The van der Waals surface area contributed by atoms with Crippen LogP contribution in [0.4, 0.5) is 0 Å². The molecule has 1 aliphatic carbocycles. The van der Waals surface area contributed by atoms with Gasteiger partial charge in [-0.2, -0.15) is 0 Å². The Kier molecular flexibility index (Phi) is 1.99. The molecule has 0 aromatic rings. The summed E-state index contributed by atoms with van der Waals surface area (Å²) < 4.78 is 11.0. The number of hydrogen-bond donors (Lipinski definition) is 1. The zero-order valence-electron chi connectivity index (χ0n) is 9.79. The lowest BCUT2D eigenvalue weighted by Gasteiger charge is -2.41. The number of hydrogen-bond acceptors (Lipinski definition) is 4. The Morgan fingerprint density at radius 2 is 2.00 bits per heavy atom. The molecule has 86 valence electrons. The molecule has 2 bridgehead atoms. The average Bonchev–Trinajstić information content (AvgIpc) is 2.32. The smallest absolute Gasteiger partial charge is 0.339 e. The van der Waals surface area contributed by atoms with Crippen LogP contribution in [0.1, 0.15) is 40.5 Å². The van der Waals surface area contributed by atoms with E-state index in [1.165, 1.54) is 0 Å². The summed E-state index contributed by atoms with van der Waals surface area (Å²) >= 11 is 0. The van der Waals surface area contributed by atoms with Crippen LogP contribution in [-0.4, -0.2) is 28.8 Å². The molecule has 4 heteroatoms. The maximum atomic E-state index is 11.9. The van der Waals surface area contributed by atoms with Crippen LogP contribution in [0.2, 0.25) is 0 Å². The molecule has 4 nitrogen and oxygen atoms in total. The average molecular weight is 213 g/mol. The van der Waals surface area contributed by atoms with Gasteiger partial charge in [-0.25, -0.2) is 4.79 Å². The molecule has 1 unspecified atom stereocenters. The van der Waals surface area contributed by atoms with E-state index in [2.05, 4.69) is 0 Å². The van der Waals surface area contributed by atoms with Crippen molar-refractivity contribution in [3.05, 3.63) is 0 Å². The molecule has 3 fully saturated rings. The highest BCUT2D eigenvalue weighted by Gasteiger charge is 2.69. The van der Waals surface area contributed by atoms with Gasteiger partial charge in [-0.05, 0) is 27.7 Å².